The Kier molecular flexibility index (Phi) is 5.27. The first kappa shape index (κ1) is 17.3. The molecule has 0 radical (unpaired) electrons. The van der Waals surface area contributed by atoms with Gasteiger partial charge in [-0.3, -0.25) is 10.1 Å². The van der Waals surface area contributed by atoms with Gasteiger partial charge in [0.2, 0.25) is 5.89 Å². The molecule has 1 aliphatic heterocycles. The number of rotatable bonds is 7. The number of nitrogens with one attached hydrogen (secondary N) is 2. The summed E-state index contributed by atoms with van der Waals surface area (Å²) in [6.07, 6.45) is 2.12. The molecule has 1 aliphatic rings. The molecule has 2 aromatic rings. The molecular formula is C19H22N4O2. The van der Waals surface area contributed by atoms with Gasteiger partial charge in [-0.05, 0) is 38.4 Å². The molecule has 130 valence electrons. The van der Waals surface area contributed by atoms with Crippen LogP contribution in [0.25, 0.3) is 11.5 Å². The molecule has 1 saturated heterocycles. The van der Waals surface area contributed by atoms with E-state index < -0.39 is 5.54 Å². The Morgan fingerprint density at radius 2 is 2.24 bits per heavy atom. The number of Topliss-reactive ketones (excluding diaryl/α,β-unsaturated/α-hetero) is 1. The Labute approximate surface area is 147 Å². The number of benzene rings is 1. The second kappa shape index (κ2) is 7.60. The van der Waals surface area contributed by atoms with E-state index in [9.17, 15) is 10.1 Å². The highest BCUT2D eigenvalue weighted by Gasteiger charge is 2.40. The number of carbonyl (C=O) groups is 1. The maximum Gasteiger partial charge on any atom is 0.226 e. The molecule has 1 atom stereocenters. The highest BCUT2D eigenvalue weighted by atomic mass is 16.4. The quantitative estimate of drug-likeness (QED) is 0.750. The summed E-state index contributed by atoms with van der Waals surface area (Å²) in [7, 11) is 0. The van der Waals surface area contributed by atoms with Crippen LogP contribution in [0.4, 0.5) is 0 Å². The fourth-order valence-corrected chi connectivity index (χ4v) is 3.06. The van der Waals surface area contributed by atoms with Crippen molar-refractivity contribution < 1.29 is 9.21 Å². The number of ketones is 1. The maximum atomic E-state index is 12.3. The summed E-state index contributed by atoms with van der Waals surface area (Å²) < 4.78 is 5.73. The molecular weight excluding hydrogens is 316 g/mol. The molecule has 1 aromatic heterocycles. The fraction of sp³-hybridized carbons (Fsp3) is 0.421. The highest BCUT2D eigenvalue weighted by molar-refractivity contribution is 5.93. The summed E-state index contributed by atoms with van der Waals surface area (Å²) in [5, 5.41) is 15.4. The van der Waals surface area contributed by atoms with Crippen LogP contribution >= 0.6 is 0 Å². The number of hydrogen-bond donors (Lipinski definition) is 2. The monoisotopic (exact) mass is 338 g/mol. The van der Waals surface area contributed by atoms with Crippen LogP contribution in [-0.4, -0.2) is 35.9 Å². The third-order valence-electron chi connectivity index (χ3n) is 4.56. The Balaban J connectivity index is 1.52. The van der Waals surface area contributed by atoms with Crippen molar-refractivity contribution in [3.63, 3.8) is 0 Å². The summed E-state index contributed by atoms with van der Waals surface area (Å²) in [5.74, 6) is 1.31. The molecule has 6 heteroatoms. The first-order valence-electron chi connectivity index (χ1n) is 8.57. The Hall–Kier alpha value is -2.49. The van der Waals surface area contributed by atoms with Crippen molar-refractivity contribution in [2.24, 2.45) is 0 Å². The smallest absolute Gasteiger partial charge is 0.226 e. The zero-order valence-electron chi connectivity index (χ0n) is 14.3. The van der Waals surface area contributed by atoms with E-state index in [0.717, 1.165) is 30.0 Å². The number of aromatic nitrogens is 1. The van der Waals surface area contributed by atoms with Gasteiger partial charge >= 0.3 is 0 Å². The van der Waals surface area contributed by atoms with Gasteiger partial charge in [-0.2, -0.15) is 5.26 Å². The standard InChI is InChI=1S/C19H22N4O2/c1-14-16(23-18(25-14)15-6-3-2-4-7-15)8-11-21-12-17(24)19(13-20)9-5-10-22-19/h2-4,6-7,21-22H,5,8-12H2,1H3. The molecule has 0 bridgehead atoms. The van der Waals surface area contributed by atoms with Crippen LogP contribution in [0.1, 0.15) is 24.3 Å². The molecule has 0 saturated carbocycles. The van der Waals surface area contributed by atoms with E-state index in [4.69, 9.17) is 4.42 Å². The van der Waals surface area contributed by atoms with Crippen molar-refractivity contribution in [2.75, 3.05) is 19.6 Å². The van der Waals surface area contributed by atoms with E-state index >= 15 is 0 Å². The van der Waals surface area contributed by atoms with Gasteiger partial charge in [-0.25, -0.2) is 4.98 Å². The molecule has 0 aliphatic carbocycles. The topological polar surface area (TPSA) is 91.0 Å². The summed E-state index contributed by atoms with van der Waals surface area (Å²) in [5.41, 5.74) is 0.827. The second-order valence-electron chi connectivity index (χ2n) is 6.29. The van der Waals surface area contributed by atoms with Crippen LogP contribution in [0, 0.1) is 18.3 Å². The second-order valence-corrected chi connectivity index (χ2v) is 6.29. The zero-order chi connectivity index (χ0) is 17.7. The minimum atomic E-state index is -1.00. The Morgan fingerprint density at radius 3 is 2.92 bits per heavy atom. The van der Waals surface area contributed by atoms with Crippen LogP contribution in [0.15, 0.2) is 34.7 Å². The van der Waals surface area contributed by atoms with E-state index in [2.05, 4.69) is 21.7 Å². The van der Waals surface area contributed by atoms with Crippen molar-refractivity contribution in [2.45, 2.75) is 31.7 Å². The SMILES string of the molecule is Cc1oc(-c2ccccc2)nc1CCNCC(=O)C1(C#N)CCCN1. The van der Waals surface area contributed by atoms with Crippen molar-refractivity contribution in [3.05, 3.63) is 41.8 Å². The third-order valence-corrected chi connectivity index (χ3v) is 4.56. The highest BCUT2D eigenvalue weighted by Crippen LogP contribution is 2.21. The molecule has 6 nitrogen and oxygen atoms in total. The number of nitrogens with zero attached hydrogens (tertiary/aromatic N) is 2. The first-order chi connectivity index (χ1) is 12.1. The molecule has 1 fully saturated rings. The number of hydrogen-bond acceptors (Lipinski definition) is 6. The van der Waals surface area contributed by atoms with Gasteiger partial charge in [0.25, 0.3) is 0 Å². The van der Waals surface area contributed by atoms with Gasteiger partial charge in [-0.1, -0.05) is 18.2 Å². The molecule has 25 heavy (non-hydrogen) atoms. The predicted molar refractivity (Wildman–Crippen MR) is 93.8 cm³/mol. The molecule has 0 amide bonds. The molecule has 0 spiro atoms. The van der Waals surface area contributed by atoms with Crippen molar-refractivity contribution in [1.29, 1.82) is 5.26 Å². The van der Waals surface area contributed by atoms with Gasteiger partial charge in [0.15, 0.2) is 11.3 Å². The lowest BCUT2D eigenvalue weighted by atomic mass is 9.94. The van der Waals surface area contributed by atoms with Gasteiger partial charge < -0.3 is 9.73 Å². The van der Waals surface area contributed by atoms with Crippen LogP contribution in [0.2, 0.25) is 0 Å². The minimum absolute atomic E-state index is 0.0886. The lowest BCUT2D eigenvalue weighted by molar-refractivity contribution is -0.122. The van der Waals surface area contributed by atoms with E-state index in [1.54, 1.807) is 0 Å². The Bertz CT molecular complexity index is 770. The minimum Gasteiger partial charge on any atom is -0.441 e. The van der Waals surface area contributed by atoms with E-state index in [1.165, 1.54) is 0 Å². The van der Waals surface area contributed by atoms with Crippen LogP contribution in [0.3, 0.4) is 0 Å². The fourth-order valence-electron chi connectivity index (χ4n) is 3.06. The van der Waals surface area contributed by atoms with Gasteiger partial charge in [0.05, 0.1) is 18.3 Å². The lowest BCUT2D eigenvalue weighted by Crippen LogP contribution is -2.50. The zero-order valence-corrected chi connectivity index (χ0v) is 14.3. The molecule has 3 rings (SSSR count). The third kappa shape index (κ3) is 3.78. The Morgan fingerprint density at radius 1 is 1.44 bits per heavy atom. The van der Waals surface area contributed by atoms with E-state index in [0.29, 0.717) is 25.3 Å². The van der Waals surface area contributed by atoms with Crippen molar-refractivity contribution in [1.82, 2.24) is 15.6 Å². The summed E-state index contributed by atoms with van der Waals surface area (Å²) in [6.45, 7) is 3.41. The van der Waals surface area contributed by atoms with Crippen LogP contribution in [-0.2, 0) is 11.2 Å². The lowest BCUT2D eigenvalue weighted by Gasteiger charge is -2.19. The molecule has 2 heterocycles. The van der Waals surface area contributed by atoms with Gasteiger partial charge in [0.1, 0.15) is 5.76 Å². The summed E-state index contributed by atoms with van der Waals surface area (Å²) in [4.78, 5) is 16.8. The summed E-state index contributed by atoms with van der Waals surface area (Å²) >= 11 is 0. The number of carbonyl (C=O) groups excluding carboxylic acids is 1. The molecule has 2 N–H and O–H groups in total. The first-order valence-corrected chi connectivity index (χ1v) is 8.57. The van der Waals surface area contributed by atoms with Crippen molar-refractivity contribution in [3.8, 4) is 17.5 Å². The molecule has 1 aromatic carbocycles. The number of aryl methyl sites for hydroxylation is 1. The number of nitriles is 1. The van der Waals surface area contributed by atoms with Crippen molar-refractivity contribution >= 4 is 5.78 Å². The van der Waals surface area contributed by atoms with Crippen LogP contribution < -0.4 is 10.6 Å². The summed E-state index contributed by atoms with van der Waals surface area (Å²) in [6, 6.07) is 11.9. The normalized spacial score (nSPS) is 19.7. The maximum absolute atomic E-state index is 12.3. The number of oxazole rings is 1. The van der Waals surface area contributed by atoms with Gasteiger partial charge in [-0.15, -0.1) is 0 Å². The predicted octanol–water partition coefficient (Wildman–Crippen LogP) is 2.00. The molecule has 1 unspecified atom stereocenters. The van der Waals surface area contributed by atoms with Gasteiger partial charge in [0, 0.05) is 18.5 Å². The largest absolute Gasteiger partial charge is 0.441 e. The average Bonchev–Trinajstić information content (AvgIpc) is 3.27. The van der Waals surface area contributed by atoms with E-state index in [-0.39, 0.29) is 12.3 Å². The van der Waals surface area contributed by atoms with E-state index in [1.807, 2.05) is 37.3 Å². The average molecular weight is 338 g/mol. The van der Waals surface area contributed by atoms with Crippen LogP contribution in [0.5, 0.6) is 0 Å².